The topological polar surface area (TPSA) is 34.1 Å². The molecular weight excluding hydrogens is 348 g/mol. The molecule has 2 aromatic rings. The lowest BCUT2D eigenvalue weighted by atomic mass is 10.2. The van der Waals surface area contributed by atoms with Crippen LogP contribution in [0.2, 0.25) is 0 Å². The van der Waals surface area contributed by atoms with Crippen molar-refractivity contribution >= 4 is 44.4 Å². The normalized spacial score (nSPS) is 14.6. The number of ether oxygens (including phenoxy) is 1. The fourth-order valence-corrected chi connectivity index (χ4v) is 3.82. The Kier molecular flexibility index (Phi) is 4.60. The van der Waals surface area contributed by atoms with E-state index < -0.39 is 0 Å². The molecule has 1 aromatic heterocycles. The Labute approximate surface area is 137 Å². The molecule has 3 nitrogen and oxygen atoms in total. The van der Waals surface area contributed by atoms with Gasteiger partial charge in [-0.15, -0.1) is 0 Å². The first kappa shape index (κ1) is 14.6. The molecule has 1 aliphatic rings. The molecule has 0 saturated carbocycles. The van der Waals surface area contributed by atoms with Gasteiger partial charge in [0.15, 0.2) is 0 Å². The molecule has 0 unspecified atom stereocenters. The van der Waals surface area contributed by atoms with E-state index in [-0.39, 0.29) is 0 Å². The van der Waals surface area contributed by atoms with Gasteiger partial charge in [0.05, 0.1) is 17.3 Å². The smallest absolute Gasteiger partial charge is 0.133 e. The molecule has 0 aliphatic carbocycles. The van der Waals surface area contributed by atoms with E-state index in [2.05, 4.69) is 33.4 Å². The van der Waals surface area contributed by atoms with Crippen LogP contribution in [0.4, 0.5) is 5.00 Å². The van der Waals surface area contributed by atoms with E-state index in [9.17, 15) is 0 Å². The third-order valence-corrected chi connectivity index (χ3v) is 5.07. The largest absolute Gasteiger partial charge is 0.496 e. The number of benzene rings is 1. The molecule has 0 fully saturated rings. The van der Waals surface area contributed by atoms with Crippen LogP contribution in [0.5, 0.6) is 5.75 Å². The minimum absolute atomic E-state index is 0.845. The number of nitrogens with zero attached hydrogens (tertiary/aromatic N) is 1. The number of methoxy groups -OCH3 is 1. The van der Waals surface area contributed by atoms with Crippen molar-refractivity contribution in [3.05, 3.63) is 38.9 Å². The van der Waals surface area contributed by atoms with Crippen molar-refractivity contribution in [2.45, 2.75) is 19.3 Å². The molecule has 21 heavy (non-hydrogen) atoms. The summed E-state index contributed by atoms with van der Waals surface area (Å²) in [5, 5.41) is 5.76. The van der Waals surface area contributed by atoms with Gasteiger partial charge >= 0.3 is 0 Å². The number of aromatic nitrogens is 1. The second-order valence-electron chi connectivity index (χ2n) is 4.94. The molecule has 3 rings (SSSR count). The van der Waals surface area contributed by atoms with Crippen molar-refractivity contribution < 1.29 is 4.74 Å². The zero-order valence-corrected chi connectivity index (χ0v) is 14.3. The Hall–Kier alpha value is -1.33. The van der Waals surface area contributed by atoms with Gasteiger partial charge in [-0.3, -0.25) is 0 Å². The number of rotatable bonds is 3. The lowest BCUT2D eigenvalue weighted by molar-refractivity contribution is 0.412. The molecule has 5 heteroatoms. The molecule has 0 bridgehead atoms. The van der Waals surface area contributed by atoms with E-state index >= 15 is 0 Å². The molecular formula is C16H17BrN2OS. The van der Waals surface area contributed by atoms with Crippen LogP contribution in [0.3, 0.4) is 0 Å². The first-order valence-electron chi connectivity index (χ1n) is 7.01. The molecule has 1 aliphatic heterocycles. The Morgan fingerprint density at radius 3 is 3.05 bits per heavy atom. The quantitative estimate of drug-likeness (QED) is 0.846. The van der Waals surface area contributed by atoms with Gasteiger partial charge in [-0.05, 0) is 59.0 Å². The highest BCUT2D eigenvalue weighted by Crippen LogP contribution is 2.30. The van der Waals surface area contributed by atoms with Gasteiger partial charge in [0, 0.05) is 6.54 Å². The maximum absolute atomic E-state index is 5.24. The molecule has 2 heterocycles. The number of aryl methyl sites for hydroxylation is 1. The maximum Gasteiger partial charge on any atom is 0.133 e. The molecule has 0 spiro atoms. The minimum Gasteiger partial charge on any atom is -0.496 e. The number of nitrogens with one attached hydrogen (secondary N) is 1. The highest BCUT2D eigenvalue weighted by molar-refractivity contribution is 9.10. The molecule has 0 saturated heterocycles. The average molecular weight is 365 g/mol. The number of hydrogen-bond donors (Lipinski definition) is 1. The van der Waals surface area contributed by atoms with Crippen LogP contribution in [0.15, 0.2) is 22.7 Å². The van der Waals surface area contributed by atoms with E-state index in [1.54, 1.807) is 18.4 Å². The van der Waals surface area contributed by atoms with E-state index in [1.165, 1.54) is 23.5 Å². The summed E-state index contributed by atoms with van der Waals surface area (Å²) >= 11 is 5.24. The zero-order valence-electron chi connectivity index (χ0n) is 11.9. The lowest BCUT2D eigenvalue weighted by Crippen LogP contribution is -1.96. The molecule has 1 N–H and O–H groups in total. The van der Waals surface area contributed by atoms with Crippen molar-refractivity contribution in [3.63, 3.8) is 0 Å². The van der Waals surface area contributed by atoms with Crippen molar-refractivity contribution in [3.8, 4) is 5.75 Å². The second kappa shape index (κ2) is 6.62. The van der Waals surface area contributed by atoms with Crippen LogP contribution in [0.1, 0.15) is 29.1 Å². The summed E-state index contributed by atoms with van der Waals surface area (Å²) in [4.78, 5) is 4.71. The number of fused-ring (bicyclic) bond motifs is 1. The summed E-state index contributed by atoms with van der Waals surface area (Å²) < 4.78 is 6.20. The third kappa shape index (κ3) is 3.47. The number of hydrogen-bond acceptors (Lipinski definition) is 4. The molecule has 1 aromatic carbocycles. The highest BCUT2D eigenvalue weighted by Gasteiger charge is 2.12. The lowest BCUT2D eigenvalue weighted by Gasteiger charge is -2.03. The van der Waals surface area contributed by atoms with Gasteiger partial charge in [-0.1, -0.05) is 23.5 Å². The van der Waals surface area contributed by atoms with Crippen LogP contribution in [0, 0.1) is 0 Å². The van der Waals surface area contributed by atoms with Crippen molar-refractivity contribution in [2.24, 2.45) is 0 Å². The predicted octanol–water partition coefficient (Wildman–Crippen LogP) is 4.83. The van der Waals surface area contributed by atoms with Gasteiger partial charge in [0.25, 0.3) is 0 Å². The van der Waals surface area contributed by atoms with Gasteiger partial charge in [-0.25, -0.2) is 4.98 Å². The molecule has 0 radical (unpaired) electrons. The summed E-state index contributed by atoms with van der Waals surface area (Å²) in [5.41, 5.74) is 2.34. The minimum atomic E-state index is 0.845. The Balaban J connectivity index is 1.78. The van der Waals surface area contributed by atoms with Crippen molar-refractivity contribution in [1.29, 1.82) is 0 Å². The maximum atomic E-state index is 5.24. The predicted molar refractivity (Wildman–Crippen MR) is 93.2 cm³/mol. The average Bonchev–Trinajstić information content (AvgIpc) is 2.75. The van der Waals surface area contributed by atoms with Crippen LogP contribution in [-0.2, 0) is 6.42 Å². The Bertz CT molecular complexity index is 643. The Morgan fingerprint density at radius 2 is 2.24 bits per heavy atom. The molecule has 0 atom stereocenters. The summed E-state index contributed by atoms with van der Waals surface area (Å²) in [7, 11) is 1.67. The first-order chi connectivity index (χ1) is 10.3. The van der Waals surface area contributed by atoms with Crippen molar-refractivity contribution in [2.75, 3.05) is 19.0 Å². The SMILES string of the molecule is COc1ccc(/C=C/c2nc3c(s2)NCCCC3)cc1Br. The number of anilines is 1. The van der Waals surface area contributed by atoms with Crippen LogP contribution in [0.25, 0.3) is 12.2 Å². The zero-order chi connectivity index (χ0) is 14.7. The fourth-order valence-electron chi connectivity index (χ4n) is 2.32. The monoisotopic (exact) mass is 364 g/mol. The second-order valence-corrected chi connectivity index (χ2v) is 6.82. The first-order valence-corrected chi connectivity index (χ1v) is 8.62. The van der Waals surface area contributed by atoms with E-state index in [0.29, 0.717) is 0 Å². The highest BCUT2D eigenvalue weighted by atomic mass is 79.9. The molecule has 0 amide bonds. The summed E-state index contributed by atoms with van der Waals surface area (Å²) in [6, 6.07) is 6.05. The molecule has 110 valence electrons. The van der Waals surface area contributed by atoms with Crippen LogP contribution >= 0.6 is 27.3 Å². The van der Waals surface area contributed by atoms with Gasteiger partial charge in [0.1, 0.15) is 15.8 Å². The Morgan fingerprint density at radius 1 is 1.33 bits per heavy atom. The van der Waals surface area contributed by atoms with Crippen LogP contribution < -0.4 is 10.1 Å². The van der Waals surface area contributed by atoms with Gasteiger partial charge < -0.3 is 10.1 Å². The summed E-state index contributed by atoms with van der Waals surface area (Å²) in [5.74, 6) is 0.845. The van der Waals surface area contributed by atoms with Gasteiger partial charge in [-0.2, -0.15) is 0 Å². The number of thiazole rings is 1. The number of halogens is 1. The third-order valence-electron chi connectivity index (χ3n) is 3.43. The fraction of sp³-hybridized carbons (Fsp3) is 0.312. The van der Waals surface area contributed by atoms with Crippen LogP contribution in [-0.4, -0.2) is 18.6 Å². The standard InChI is InChI=1S/C16H17BrN2OS/c1-20-14-7-5-11(10-12(14)17)6-8-15-19-13-4-2-3-9-18-16(13)21-15/h5-8,10,18H,2-4,9H2,1H3/b8-6+. The van der Waals surface area contributed by atoms with Crippen molar-refractivity contribution in [1.82, 2.24) is 4.98 Å². The van der Waals surface area contributed by atoms with E-state index in [1.807, 2.05) is 18.2 Å². The summed E-state index contributed by atoms with van der Waals surface area (Å²) in [6.45, 7) is 1.06. The van der Waals surface area contributed by atoms with E-state index in [4.69, 9.17) is 9.72 Å². The summed E-state index contributed by atoms with van der Waals surface area (Å²) in [6.07, 6.45) is 7.70. The van der Waals surface area contributed by atoms with Gasteiger partial charge in [0.2, 0.25) is 0 Å². The van der Waals surface area contributed by atoms with E-state index in [0.717, 1.165) is 33.8 Å².